The second kappa shape index (κ2) is 12.6. The van der Waals surface area contributed by atoms with E-state index in [-0.39, 0.29) is 12.4 Å². The van der Waals surface area contributed by atoms with Crippen LogP contribution in [0, 0.1) is 5.41 Å². The SMILES string of the molecule is C=C(C)C(=O)OCC(C)(C)COc1ccc2cc(-c3ccc(CCCCC)cc3OC(F)(F)F)n(CC)c2c1. The highest BCUT2D eigenvalue weighted by Gasteiger charge is 2.33. The summed E-state index contributed by atoms with van der Waals surface area (Å²) in [7, 11) is 0. The smallest absolute Gasteiger partial charge is 0.493 e. The highest BCUT2D eigenvalue weighted by atomic mass is 19.4. The van der Waals surface area contributed by atoms with E-state index in [9.17, 15) is 18.0 Å². The Hall–Kier alpha value is -3.42. The number of nitrogens with zero attached hydrogens (tertiary/aromatic N) is 1. The third-order valence-corrected chi connectivity index (χ3v) is 6.38. The second-order valence-electron chi connectivity index (χ2n) is 10.6. The molecule has 8 heteroatoms. The lowest BCUT2D eigenvalue weighted by molar-refractivity contribution is -0.274. The zero-order valence-corrected chi connectivity index (χ0v) is 23.4. The van der Waals surface area contributed by atoms with Gasteiger partial charge in [-0.3, -0.25) is 0 Å². The molecule has 39 heavy (non-hydrogen) atoms. The molecule has 0 atom stereocenters. The molecule has 1 heterocycles. The van der Waals surface area contributed by atoms with Gasteiger partial charge in [-0.25, -0.2) is 4.79 Å². The van der Waals surface area contributed by atoms with Gasteiger partial charge >= 0.3 is 12.3 Å². The molecule has 0 amide bonds. The molecule has 0 spiro atoms. The van der Waals surface area contributed by atoms with Gasteiger partial charge < -0.3 is 18.8 Å². The Morgan fingerprint density at radius 1 is 1.00 bits per heavy atom. The van der Waals surface area contributed by atoms with Crippen molar-refractivity contribution in [2.75, 3.05) is 13.2 Å². The van der Waals surface area contributed by atoms with Gasteiger partial charge in [0.1, 0.15) is 11.5 Å². The van der Waals surface area contributed by atoms with Crippen molar-refractivity contribution in [2.45, 2.75) is 73.2 Å². The van der Waals surface area contributed by atoms with Gasteiger partial charge in [0.05, 0.1) is 24.4 Å². The van der Waals surface area contributed by atoms with Crippen molar-refractivity contribution < 1.29 is 32.2 Å². The number of alkyl halides is 3. The Kier molecular flexibility index (Phi) is 9.75. The van der Waals surface area contributed by atoms with Crippen LogP contribution in [-0.2, 0) is 22.5 Å². The van der Waals surface area contributed by atoms with Gasteiger partial charge in [-0.05, 0) is 62.6 Å². The zero-order chi connectivity index (χ0) is 28.8. The average Bonchev–Trinajstić information content (AvgIpc) is 3.23. The molecular formula is C31H38F3NO4. The maximum atomic E-state index is 13.4. The third kappa shape index (κ3) is 8.28. The van der Waals surface area contributed by atoms with Crippen molar-refractivity contribution in [3.05, 3.63) is 60.2 Å². The molecule has 0 unspecified atom stereocenters. The van der Waals surface area contributed by atoms with Crippen LogP contribution in [0.4, 0.5) is 13.2 Å². The molecule has 3 rings (SSSR count). The van der Waals surface area contributed by atoms with Crippen molar-refractivity contribution in [1.82, 2.24) is 4.57 Å². The quantitative estimate of drug-likeness (QED) is 0.123. The van der Waals surface area contributed by atoms with Gasteiger partial charge in [0, 0.05) is 34.5 Å². The summed E-state index contributed by atoms with van der Waals surface area (Å²) in [4.78, 5) is 11.7. The lowest BCUT2D eigenvalue weighted by atomic mass is 9.96. The fourth-order valence-electron chi connectivity index (χ4n) is 4.31. The molecule has 0 N–H and O–H groups in total. The average molecular weight is 546 g/mol. The zero-order valence-electron chi connectivity index (χ0n) is 23.4. The summed E-state index contributed by atoms with van der Waals surface area (Å²) in [6, 6.07) is 12.6. The number of unbranched alkanes of at least 4 members (excludes halogenated alkanes) is 2. The van der Waals surface area contributed by atoms with Crippen molar-refractivity contribution >= 4 is 16.9 Å². The molecule has 0 aliphatic carbocycles. The number of ether oxygens (including phenoxy) is 3. The maximum Gasteiger partial charge on any atom is 0.573 e. The van der Waals surface area contributed by atoms with Crippen LogP contribution in [0.25, 0.3) is 22.2 Å². The predicted molar refractivity (Wildman–Crippen MR) is 148 cm³/mol. The van der Waals surface area contributed by atoms with E-state index in [4.69, 9.17) is 9.47 Å². The first-order valence-corrected chi connectivity index (χ1v) is 13.3. The van der Waals surface area contributed by atoms with Crippen molar-refractivity contribution in [3.8, 4) is 22.8 Å². The summed E-state index contributed by atoms with van der Waals surface area (Å²) in [6.45, 7) is 14.1. The normalized spacial score (nSPS) is 12.0. The molecule has 0 saturated carbocycles. The largest absolute Gasteiger partial charge is 0.573 e. The Morgan fingerprint density at radius 2 is 1.74 bits per heavy atom. The van der Waals surface area contributed by atoms with Gasteiger partial charge in [-0.1, -0.05) is 46.3 Å². The number of carbonyl (C=O) groups is 1. The van der Waals surface area contributed by atoms with Gasteiger partial charge in [0.2, 0.25) is 0 Å². The summed E-state index contributed by atoms with van der Waals surface area (Å²) >= 11 is 0. The van der Waals surface area contributed by atoms with Crippen LogP contribution in [0.5, 0.6) is 11.5 Å². The molecule has 212 valence electrons. The standard InChI is InChI=1S/C31H38F3NO4/c1-7-9-10-11-22-12-15-25(28(16-22)39-31(32,33)34)27-17-23-13-14-24(18-26(23)35(27)8-2)37-19-30(5,6)20-38-29(36)21(3)4/h12-18H,3,7-11,19-20H2,1-2,4-6H3. The molecule has 0 bridgehead atoms. The molecule has 1 aromatic heterocycles. The second-order valence-corrected chi connectivity index (χ2v) is 10.6. The summed E-state index contributed by atoms with van der Waals surface area (Å²) in [6.07, 6.45) is -1.14. The van der Waals surface area contributed by atoms with Crippen LogP contribution >= 0.6 is 0 Å². The van der Waals surface area contributed by atoms with Crippen LogP contribution in [0.1, 0.15) is 59.4 Å². The Labute approximate surface area is 228 Å². The molecule has 0 aliphatic rings. The molecule has 0 fully saturated rings. The minimum atomic E-state index is -4.80. The first-order valence-electron chi connectivity index (χ1n) is 13.3. The van der Waals surface area contributed by atoms with Gasteiger partial charge in [0.15, 0.2) is 0 Å². The maximum absolute atomic E-state index is 13.4. The summed E-state index contributed by atoms with van der Waals surface area (Å²) in [5.74, 6) is -0.0311. The van der Waals surface area contributed by atoms with E-state index in [0.717, 1.165) is 35.7 Å². The number of hydrogen-bond donors (Lipinski definition) is 0. The number of rotatable bonds is 13. The molecule has 3 aromatic rings. The third-order valence-electron chi connectivity index (χ3n) is 6.38. The van der Waals surface area contributed by atoms with Gasteiger partial charge in [-0.15, -0.1) is 13.2 Å². The van der Waals surface area contributed by atoms with Gasteiger partial charge in [0.25, 0.3) is 0 Å². The first kappa shape index (κ1) is 30.1. The van der Waals surface area contributed by atoms with Crippen LogP contribution in [0.15, 0.2) is 54.6 Å². The van der Waals surface area contributed by atoms with E-state index in [2.05, 4.69) is 18.2 Å². The number of esters is 1. The number of halogens is 3. The van der Waals surface area contributed by atoms with E-state index < -0.39 is 17.7 Å². The van der Waals surface area contributed by atoms with Crippen LogP contribution < -0.4 is 9.47 Å². The van der Waals surface area contributed by atoms with Crippen LogP contribution in [0.2, 0.25) is 0 Å². The minimum absolute atomic E-state index is 0.173. The lowest BCUT2D eigenvalue weighted by Crippen LogP contribution is -2.28. The molecule has 0 aliphatic heterocycles. The molecule has 0 saturated heterocycles. The number of aryl methyl sites for hydroxylation is 2. The summed E-state index contributed by atoms with van der Waals surface area (Å²) in [5.41, 5.74) is 2.56. The van der Waals surface area contributed by atoms with E-state index in [1.807, 2.05) is 55.7 Å². The Balaban J connectivity index is 1.90. The molecule has 5 nitrogen and oxygen atoms in total. The van der Waals surface area contributed by atoms with E-state index in [0.29, 0.717) is 42.2 Å². The van der Waals surface area contributed by atoms with E-state index in [1.54, 1.807) is 13.0 Å². The van der Waals surface area contributed by atoms with E-state index >= 15 is 0 Å². The Morgan fingerprint density at radius 3 is 2.38 bits per heavy atom. The fourth-order valence-corrected chi connectivity index (χ4v) is 4.31. The van der Waals surface area contributed by atoms with E-state index in [1.165, 1.54) is 6.07 Å². The van der Waals surface area contributed by atoms with Crippen molar-refractivity contribution in [1.29, 1.82) is 0 Å². The summed E-state index contributed by atoms with van der Waals surface area (Å²) < 4.78 is 57.9. The van der Waals surface area contributed by atoms with Crippen molar-refractivity contribution in [3.63, 3.8) is 0 Å². The number of fused-ring (bicyclic) bond motifs is 1. The highest BCUT2D eigenvalue weighted by Crippen LogP contribution is 2.39. The minimum Gasteiger partial charge on any atom is -0.493 e. The molecular weight excluding hydrogens is 507 g/mol. The van der Waals surface area contributed by atoms with Gasteiger partial charge in [-0.2, -0.15) is 0 Å². The monoisotopic (exact) mass is 545 g/mol. The number of carbonyl (C=O) groups excluding carboxylic acids is 1. The first-order chi connectivity index (χ1) is 18.3. The predicted octanol–water partition coefficient (Wildman–Crippen LogP) is 8.48. The topological polar surface area (TPSA) is 49.7 Å². The number of hydrogen-bond acceptors (Lipinski definition) is 4. The lowest BCUT2D eigenvalue weighted by Gasteiger charge is -2.24. The van der Waals surface area contributed by atoms with Crippen LogP contribution in [-0.4, -0.2) is 30.1 Å². The van der Waals surface area contributed by atoms with Crippen molar-refractivity contribution in [2.24, 2.45) is 5.41 Å². The Bertz CT molecular complexity index is 1310. The number of benzene rings is 2. The number of aromatic nitrogens is 1. The summed E-state index contributed by atoms with van der Waals surface area (Å²) in [5, 5.41) is 0.874. The van der Waals surface area contributed by atoms with Crippen LogP contribution in [0.3, 0.4) is 0 Å². The fraction of sp³-hybridized carbons (Fsp3) is 0.452. The molecule has 0 radical (unpaired) electrons. The molecule has 2 aromatic carbocycles. The highest BCUT2D eigenvalue weighted by molar-refractivity contribution is 5.89.